The summed E-state index contributed by atoms with van der Waals surface area (Å²) >= 11 is 5.99. The molecule has 0 bridgehead atoms. The van der Waals surface area contributed by atoms with Crippen LogP contribution in [0.15, 0.2) is 23.0 Å². The number of aromatic nitrogens is 4. The van der Waals surface area contributed by atoms with Gasteiger partial charge in [-0.1, -0.05) is 24.9 Å². The molecule has 10 heteroatoms. The van der Waals surface area contributed by atoms with Gasteiger partial charge in [0, 0.05) is 17.6 Å². The van der Waals surface area contributed by atoms with Crippen molar-refractivity contribution in [2.45, 2.75) is 25.9 Å². The molecular formula is C17H15ClN4O4S. The minimum absolute atomic E-state index is 0.0177. The number of aryl methyl sites for hydroxylation is 2. The third kappa shape index (κ3) is 2.83. The zero-order chi connectivity index (χ0) is 19.3. The number of hydrogen-bond donors (Lipinski definition) is 1. The molecule has 0 amide bonds. The van der Waals surface area contributed by atoms with E-state index in [1.807, 2.05) is 6.92 Å². The lowest BCUT2D eigenvalue weighted by molar-refractivity contribution is 0.281. The van der Waals surface area contributed by atoms with E-state index >= 15 is 0 Å². The number of aromatic amines is 1. The highest BCUT2D eigenvalue weighted by atomic mass is 35.5. The SMILES string of the molecule is CCCc1nn(C)c2c(=O)[nH]c(C3Oc4ccc(Cl)cc4C3=S(=O)=O)nc12. The lowest BCUT2D eigenvalue weighted by atomic mass is 10.1. The van der Waals surface area contributed by atoms with Crippen LogP contribution < -0.4 is 10.3 Å². The molecule has 27 heavy (non-hydrogen) atoms. The van der Waals surface area contributed by atoms with Crippen molar-refractivity contribution in [2.24, 2.45) is 7.05 Å². The Labute approximate surface area is 160 Å². The van der Waals surface area contributed by atoms with E-state index < -0.39 is 22.0 Å². The first-order chi connectivity index (χ1) is 12.9. The summed E-state index contributed by atoms with van der Waals surface area (Å²) in [7, 11) is -0.912. The molecule has 0 saturated heterocycles. The highest BCUT2D eigenvalue weighted by Gasteiger charge is 2.35. The van der Waals surface area contributed by atoms with E-state index in [-0.39, 0.29) is 10.7 Å². The van der Waals surface area contributed by atoms with Crippen molar-refractivity contribution in [3.05, 3.63) is 50.7 Å². The second kappa shape index (κ2) is 6.50. The summed E-state index contributed by atoms with van der Waals surface area (Å²) in [6.45, 7) is 2.00. The number of H-pyrrole nitrogens is 1. The molecule has 1 aliphatic heterocycles. The van der Waals surface area contributed by atoms with Gasteiger partial charge < -0.3 is 9.72 Å². The Bertz CT molecular complexity index is 1270. The molecule has 0 radical (unpaired) electrons. The first-order valence-electron chi connectivity index (χ1n) is 8.29. The highest BCUT2D eigenvalue weighted by molar-refractivity contribution is 7.73. The van der Waals surface area contributed by atoms with Crippen LogP contribution in [0.2, 0.25) is 5.02 Å². The number of rotatable bonds is 3. The molecule has 0 aliphatic carbocycles. The molecule has 3 heterocycles. The van der Waals surface area contributed by atoms with E-state index in [4.69, 9.17) is 16.3 Å². The highest BCUT2D eigenvalue weighted by Crippen LogP contribution is 2.37. The fourth-order valence-corrected chi connectivity index (χ4v) is 4.12. The minimum atomic E-state index is -2.58. The van der Waals surface area contributed by atoms with Crippen LogP contribution in [0.1, 0.15) is 36.5 Å². The van der Waals surface area contributed by atoms with E-state index in [0.717, 1.165) is 6.42 Å². The monoisotopic (exact) mass is 406 g/mol. The molecule has 1 unspecified atom stereocenters. The molecular weight excluding hydrogens is 392 g/mol. The van der Waals surface area contributed by atoms with Gasteiger partial charge in [0.05, 0.1) is 5.69 Å². The molecule has 140 valence electrons. The number of hydrogen-bond acceptors (Lipinski definition) is 6. The van der Waals surface area contributed by atoms with Crippen LogP contribution in [0.25, 0.3) is 11.0 Å². The maximum absolute atomic E-state index is 12.6. The van der Waals surface area contributed by atoms with Gasteiger partial charge in [0.15, 0.2) is 17.4 Å². The normalized spacial score (nSPS) is 15.8. The molecule has 4 rings (SSSR count). The summed E-state index contributed by atoms with van der Waals surface area (Å²) < 4.78 is 31.0. The maximum atomic E-state index is 12.6. The van der Waals surface area contributed by atoms with Crippen LogP contribution in [-0.2, 0) is 23.8 Å². The molecule has 1 atom stereocenters. The standard InChI is InChI=1S/C17H15ClN4O4S/c1-3-4-10-12-13(22(2)21-10)17(23)20-16(19-12)14-15(27(24)25)9-7-8(18)5-6-11(9)26-14/h5-7,14H,3-4H2,1-2H3,(H,19,20,23). The second-order valence-electron chi connectivity index (χ2n) is 6.21. The lowest BCUT2D eigenvalue weighted by Crippen LogP contribution is -2.22. The maximum Gasteiger partial charge on any atom is 0.277 e. The number of ether oxygens (including phenoxy) is 1. The van der Waals surface area contributed by atoms with Crippen molar-refractivity contribution in [3.63, 3.8) is 0 Å². The molecule has 0 saturated carbocycles. The number of halogens is 1. The zero-order valence-electron chi connectivity index (χ0n) is 14.5. The summed E-state index contributed by atoms with van der Waals surface area (Å²) in [5.41, 5.74) is 1.44. The van der Waals surface area contributed by atoms with Gasteiger partial charge in [-0.15, -0.1) is 0 Å². The van der Waals surface area contributed by atoms with E-state index in [2.05, 4.69) is 15.1 Å². The molecule has 1 aromatic carbocycles. The fourth-order valence-electron chi connectivity index (χ4n) is 3.27. The Kier molecular flexibility index (Phi) is 4.27. The minimum Gasteiger partial charge on any atom is -0.476 e. The van der Waals surface area contributed by atoms with Gasteiger partial charge in [-0.2, -0.15) is 13.5 Å². The van der Waals surface area contributed by atoms with Crippen LogP contribution in [0, 0.1) is 0 Å². The average Bonchev–Trinajstić information content (AvgIpc) is 3.13. The van der Waals surface area contributed by atoms with Crippen LogP contribution >= 0.6 is 11.6 Å². The van der Waals surface area contributed by atoms with Gasteiger partial charge >= 0.3 is 0 Å². The molecule has 3 aromatic rings. The summed E-state index contributed by atoms with van der Waals surface area (Å²) in [5, 5.41) is 4.75. The van der Waals surface area contributed by atoms with Gasteiger partial charge in [0.1, 0.15) is 16.1 Å². The van der Waals surface area contributed by atoms with Gasteiger partial charge in [-0.05, 0) is 24.6 Å². The van der Waals surface area contributed by atoms with Crippen LogP contribution in [0.5, 0.6) is 5.75 Å². The first-order valence-corrected chi connectivity index (χ1v) is 9.74. The first kappa shape index (κ1) is 17.7. The van der Waals surface area contributed by atoms with Crippen molar-refractivity contribution in [2.75, 3.05) is 0 Å². The third-order valence-electron chi connectivity index (χ3n) is 4.39. The second-order valence-corrected chi connectivity index (χ2v) is 7.55. The van der Waals surface area contributed by atoms with E-state index in [0.29, 0.717) is 39.5 Å². The molecule has 1 aliphatic rings. The van der Waals surface area contributed by atoms with Gasteiger partial charge in [-0.3, -0.25) is 9.48 Å². The Morgan fingerprint density at radius 2 is 2.15 bits per heavy atom. The van der Waals surface area contributed by atoms with Crippen molar-refractivity contribution >= 4 is 37.8 Å². The molecule has 0 fully saturated rings. The summed E-state index contributed by atoms with van der Waals surface area (Å²) in [4.78, 5) is 19.7. The quantitative estimate of drug-likeness (QED) is 0.664. The summed E-state index contributed by atoms with van der Waals surface area (Å²) in [5.74, 6) is 0.482. The van der Waals surface area contributed by atoms with Crippen LogP contribution in [-0.4, -0.2) is 33.0 Å². The number of nitrogens with one attached hydrogen (secondary N) is 1. The van der Waals surface area contributed by atoms with Crippen molar-refractivity contribution in [3.8, 4) is 5.75 Å². The zero-order valence-corrected chi connectivity index (χ0v) is 16.1. The van der Waals surface area contributed by atoms with E-state index in [1.54, 1.807) is 19.2 Å². The third-order valence-corrected chi connectivity index (χ3v) is 5.41. The molecule has 1 N–H and O–H groups in total. The summed E-state index contributed by atoms with van der Waals surface area (Å²) in [6, 6.07) is 4.72. The smallest absolute Gasteiger partial charge is 0.277 e. The fraction of sp³-hybridized carbons (Fsp3) is 0.294. The lowest BCUT2D eigenvalue weighted by Gasteiger charge is -2.10. The predicted octanol–water partition coefficient (Wildman–Crippen LogP) is 1.80. The largest absolute Gasteiger partial charge is 0.476 e. The Morgan fingerprint density at radius 1 is 1.37 bits per heavy atom. The molecule has 2 aromatic heterocycles. The molecule has 8 nitrogen and oxygen atoms in total. The van der Waals surface area contributed by atoms with Gasteiger partial charge in [0.2, 0.25) is 10.3 Å². The van der Waals surface area contributed by atoms with Crippen LogP contribution in [0.4, 0.5) is 0 Å². The Morgan fingerprint density at radius 3 is 2.85 bits per heavy atom. The van der Waals surface area contributed by atoms with Gasteiger partial charge in [-0.25, -0.2) is 4.98 Å². The average molecular weight is 407 g/mol. The number of benzene rings is 1. The van der Waals surface area contributed by atoms with Gasteiger partial charge in [0.25, 0.3) is 5.56 Å². The van der Waals surface area contributed by atoms with Crippen molar-refractivity contribution < 1.29 is 13.2 Å². The molecule has 0 spiro atoms. The van der Waals surface area contributed by atoms with E-state index in [9.17, 15) is 13.2 Å². The van der Waals surface area contributed by atoms with Crippen molar-refractivity contribution in [1.82, 2.24) is 19.7 Å². The Balaban J connectivity index is 1.94. The number of nitrogens with zero attached hydrogens (tertiary/aromatic N) is 3. The predicted molar refractivity (Wildman–Crippen MR) is 101 cm³/mol. The number of fused-ring (bicyclic) bond motifs is 2. The van der Waals surface area contributed by atoms with Crippen molar-refractivity contribution in [1.29, 1.82) is 0 Å². The van der Waals surface area contributed by atoms with Crippen LogP contribution in [0.3, 0.4) is 0 Å². The Hall–Kier alpha value is -2.65. The van der Waals surface area contributed by atoms with E-state index in [1.165, 1.54) is 10.7 Å². The topological polar surface area (TPSA) is 107 Å². The summed E-state index contributed by atoms with van der Waals surface area (Å²) in [6.07, 6.45) is 0.434.